The fourth-order valence-corrected chi connectivity index (χ4v) is 1.55. The van der Waals surface area contributed by atoms with Crippen molar-refractivity contribution < 1.29 is 0 Å². The van der Waals surface area contributed by atoms with Crippen molar-refractivity contribution in [3.05, 3.63) is 18.5 Å². The van der Waals surface area contributed by atoms with E-state index < -0.39 is 0 Å². The first-order valence-electron chi connectivity index (χ1n) is 5.81. The second-order valence-electron chi connectivity index (χ2n) is 4.76. The van der Waals surface area contributed by atoms with E-state index in [9.17, 15) is 0 Å². The third-order valence-electron chi connectivity index (χ3n) is 2.78. The van der Waals surface area contributed by atoms with Crippen molar-refractivity contribution in [2.75, 3.05) is 13.1 Å². The molecule has 0 aliphatic rings. The number of aromatic nitrogens is 2. The van der Waals surface area contributed by atoms with Gasteiger partial charge in [0.15, 0.2) is 0 Å². The van der Waals surface area contributed by atoms with Gasteiger partial charge >= 0.3 is 0 Å². The van der Waals surface area contributed by atoms with Crippen LogP contribution >= 0.6 is 0 Å². The molecular weight excluding hydrogens is 186 g/mol. The van der Waals surface area contributed by atoms with Crippen LogP contribution in [0.25, 0.3) is 0 Å². The van der Waals surface area contributed by atoms with Crippen LogP contribution in [0.2, 0.25) is 0 Å². The van der Waals surface area contributed by atoms with E-state index in [1.54, 1.807) is 0 Å². The number of hydrogen-bond donors (Lipinski definition) is 1. The van der Waals surface area contributed by atoms with Gasteiger partial charge in [-0.1, -0.05) is 20.8 Å². The maximum atomic E-state index is 4.27. The Morgan fingerprint density at radius 3 is 2.47 bits per heavy atom. The van der Waals surface area contributed by atoms with Gasteiger partial charge in [-0.25, -0.2) is 0 Å². The van der Waals surface area contributed by atoms with Crippen LogP contribution in [0.3, 0.4) is 0 Å². The van der Waals surface area contributed by atoms with Crippen molar-refractivity contribution in [2.45, 2.75) is 33.7 Å². The monoisotopic (exact) mass is 209 g/mol. The molecule has 3 heteroatoms. The summed E-state index contributed by atoms with van der Waals surface area (Å²) in [7, 11) is 0. The highest BCUT2D eigenvalue weighted by Gasteiger charge is 2.13. The molecule has 86 valence electrons. The van der Waals surface area contributed by atoms with Crippen molar-refractivity contribution in [3.63, 3.8) is 0 Å². The van der Waals surface area contributed by atoms with Crippen LogP contribution in [0.15, 0.2) is 18.5 Å². The number of hydrogen-bond acceptors (Lipinski definition) is 2. The molecule has 0 aromatic carbocycles. The molecule has 0 radical (unpaired) electrons. The Bertz CT molecular complexity index is 254. The third kappa shape index (κ3) is 4.04. The molecule has 2 atom stereocenters. The first-order chi connectivity index (χ1) is 7.11. The molecular formula is C12H23N3. The average Bonchev–Trinajstić information content (AvgIpc) is 2.68. The molecule has 3 nitrogen and oxygen atoms in total. The molecule has 0 spiro atoms. The maximum absolute atomic E-state index is 4.27. The van der Waals surface area contributed by atoms with E-state index in [2.05, 4.69) is 38.1 Å². The van der Waals surface area contributed by atoms with Gasteiger partial charge in [0, 0.05) is 12.4 Å². The topological polar surface area (TPSA) is 29.9 Å². The summed E-state index contributed by atoms with van der Waals surface area (Å²) in [6.07, 6.45) is 3.87. The molecule has 0 bridgehead atoms. The van der Waals surface area contributed by atoms with Crippen LogP contribution in [0.5, 0.6) is 0 Å². The Kier molecular flexibility index (Phi) is 4.82. The Hall–Kier alpha value is -0.830. The lowest BCUT2D eigenvalue weighted by atomic mass is 10.0. The van der Waals surface area contributed by atoms with Crippen molar-refractivity contribution >= 4 is 0 Å². The van der Waals surface area contributed by atoms with Crippen LogP contribution in [0.4, 0.5) is 0 Å². The van der Waals surface area contributed by atoms with E-state index in [0.29, 0.717) is 12.0 Å². The van der Waals surface area contributed by atoms with Crippen LogP contribution in [0.1, 0.15) is 33.7 Å². The molecule has 1 rings (SSSR count). The minimum absolute atomic E-state index is 0.458. The highest BCUT2D eigenvalue weighted by atomic mass is 15.3. The number of nitrogens with zero attached hydrogens (tertiary/aromatic N) is 2. The number of nitrogens with one attached hydrogen (secondary N) is 1. The molecule has 0 saturated carbocycles. The SMILES string of the molecule is CC(C)CNCC(C)C(C)n1cccn1. The Morgan fingerprint density at radius 1 is 1.20 bits per heavy atom. The predicted molar refractivity (Wildman–Crippen MR) is 63.8 cm³/mol. The molecule has 1 heterocycles. The van der Waals surface area contributed by atoms with Gasteiger partial charge in [-0.2, -0.15) is 5.10 Å². The molecule has 2 unspecified atom stereocenters. The average molecular weight is 209 g/mol. The van der Waals surface area contributed by atoms with E-state index in [-0.39, 0.29) is 0 Å². The molecule has 1 aromatic heterocycles. The van der Waals surface area contributed by atoms with Gasteiger partial charge in [-0.15, -0.1) is 0 Å². The van der Waals surface area contributed by atoms with Gasteiger partial charge in [0.05, 0.1) is 6.04 Å². The molecule has 1 aromatic rings. The highest BCUT2D eigenvalue weighted by Crippen LogP contribution is 2.14. The molecule has 1 N–H and O–H groups in total. The van der Waals surface area contributed by atoms with Crippen molar-refractivity contribution in [2.24, 2.45) is 11.8 Å². The van der Waals surface area contributed by atoms with E-state index in [1.165, 1.54) is 0 Å². The molecule has 0 saturated heterocycles. The molecule has 0 fully saturated rings. The normalized spacial score (nSPS) is 15.5. The van der Waals surface area contributed by atoms with Gasteiger partial charge in [-0.3, -0.25) is 4.68 Å². The van der Waals surface area contributed by atoms with Crippen LogP contribution in [0, 0.1) is 11.8 Å². The fraction of sp³-hybridized carbons (Fsp3) is 0.750. The quantitative estimate of drug-likeness (QED) is 0.779. The van der Waals surface area contributed by atoms with E-state index in [1.807, 2.05) is 23.1 Å². The minimum atomic E-state index is 0.458. The van der Waals surface area contributed by atoms with Gasteiger partial charge in [0.2, 0.25) is 0 Å². The lowest BCUT2D eigenvalue weighted by Crippen LogP contribution is -2.29. The lowest BCUT2D eigenvalue weighted by Gasteiger charge is -2.21. The molecule has 15 heavy (non-hydrogen) atoms. The second kappa shape index (κ2) is 5.91. The summed E-state index contributed by atoms with van der Waals surface area (Å²) < 4.78 is 2.03. The molecule has 0 aliphatic heterocycles. The van der Waals surface area contributed by atoms with Crippen molar-refractivity contribution in [3.8, 4) is 0 Å². The summed E-state index contributed by atoms with van der Waals surface area (Å²) in [6.45, 7) is 11.1. The summed E-state index contributed by atoms with van der Waals surface area (Å²) in [6, 6.07) is 2.43. The van der Waals surface area contributed by atoms with E-state index in [0.717, 1.165) is 19.0 Å². The largest absolute Gasteiger partial charge is 0.316 e. The Labute approximate surface area is 92.9 Å². The smallest absolute Gasteiger partial charge is 0.0528 e. The van der Waals surface area contributed by atoms with Crippen LogP contribution in [-0.4, -0.2) is 22.9 Å². The maximum Gasteiger partial charge on any atom is 0.0528 e. The zero-order chi connectivity index (χ0) is 11.3. The molecule has 0 amide bonds. The van der Waals surface area contributed by atoms with Gasteiger partial charge in [0.25, 0.3) is 0 Å². The minimum Gasteiger partial charge on any atom is -0.316 e. The highest BCUT2D eigenvalue weighted by molar-refractivity contribution is 4.82. The van der Waals surface area contributed by atoms with Crippen molar-refractivity contribution in [1.29, 1.82) is 0 Å². The Balaban J connectivity index is 2.31. The zero-order valence-corrected chi connectivity index (χ0v) is 10.3. The van der Waals surface area contributed by atoms with Gasteiger partial charge in [0.1, 0.15) is 0 Å². The number of rotatable bonds is 6. The van der Waals surface area contributed by atoms with Crippen molar-refractivity contribution in [1.82, 2.24) is 15.1 Å². The van der Waals surface area contributed by atoms with Gasteiger partial charge in [-0.05, 0) is 37.9 Å². The summed E-state index contributed by atoms with van der Waals surface area (Å²) >= 11 is 0. The van der Waals surface area contributed by atoms with E-state index in [4.69, 9.17) is 0 Å². The van der Waals surface area contributed by atoms with E-state index >= 15 is 0 Å². The predicted octanol–water partition coefficient (Wildman–Crippen LogP) is 2.33. The summed E-state index contributed by atoms with van der Waals surface area (Å²) in [5.74, 6) is 1.32. The summed E-state index contributed by atoms with van der Waals surface area (Å²) in [5, 5.41) is 7.76. The van der Waals surface area contributed by atoms with Gasteiger partial charge < -0.3 is 5.32 Å². The summed E-state index contributed by atoms with van der Waals surface area (Å²) in [4.78, 5) is 0. The Morgan fingerprint density at radius 2 is 1.93 bits per heavy atom. The lowest BCUT2D eigenvalue weighted by molar-refractivity contribution is 0.332. The summed E-state index contributed by atoms with van der Waals surface area (Å²) in [5.41, 5.74) is 0. The van der Waals surface area contributed by atoms with Crippen LogP contribution < -0.4 is 5.32 Å². The first-order valence-corrected chi connectivity index (χ1v) is 5.81. The second-order valence-corrected chi connectivity index (χ2v) is 4.76. The first kappa shape index (κ1) is 12.2. The standard InChI is InChI=1S/C12H23N3/c1-10(2)8-13-9-11(3)12(4)15-7-5-6-14-15/h5-7,10-13H,8-9H2,1-4H3. The zero-order valence-electron chi connectivity index (χ0n) is 10.3. The van der Waals surface area contributed by atoms with Crippen LogP contribution in [-0.2, 0) is 0 Å². The fourth-order valence-electron chi connectivity index (χ4n) is 1.55. The molecule has 0 aliphatic carbocycles. The third-order valence-corrected chi connectivity index (χ3v) is 2.78.